The maximum Gasteiger partial charge on any atom is 0.123 e. The second kappa shape index (κ2) is 4.98. The van der Waals surface area contributed by atoms with Gasteiger partial charge in [0.25, 0.3) is 0 Å². The van der Waals surface area contributed by atoms with Gasteiger partial charge in [-0.1, -0.05) is 59.8 Å². The summed E-state index contributed by atoms with van der Waals surface area (Å²) in [6.07, 6.45) is 0. The molecule has 3 heteroatoms. The Kier molecular flexibility index (Phi) is 3.73. The first-order valence-electron chi connectivity index (χ1n) is 5.94. The van der Waals surface area contributed by atoms with E-state index in [9.17, 15) is 4.39 Å². The molecule has 0 heterocycles. The number of benzene rings is 2. The quantitative estimate of drug-likeness (QED) is 0.697. The van der Waals surface area contributed by atoms with Gasteiger partial charge < -0.3 is 0 Å². The van der Waals surface area contributed by atoms with E-state index in [1.165, 1.54) is 0 Å². The summed E-state index contributed by atoms with van der Waals surface area (Å²) in [7, 11) is -1.59. The number of rotatable bonds is 2. The van der Waals surface area contributed by atoms with Crippen molar-refractivity contribution in [3.63, 3.8) is 0 Å². The zero-order valence-corrected chi connectivity index (χ0v) is 13.4. The minimum absolute atomic E-state index is 0.0745. The van der Waals surface area contributed by atoms with Crippen LogP contribution in [0.1, 0.15) is 0 Å². The second-order valence-corrected chi connectivity index (χ2v) is 11.4. The number of hydrogen-bond acceptors (Lipinski definition) is 0. The van der Waals surface area contributed by atoms with E-state index in [1.807, 2.05) is 36.4 Å². The Morgan fingerprint density at radius 2 is 1.44 bits per heavy atom. The summed E-state index contributed by atoms with van der Waals surface area (Å²) in [5.41, 5.74) is 1.97. The third-order valence-electron chi connectivity index (χ3n) is 2.95. The fraction of sp³-hybridized carbons (Fsp3) is 0.200. The Hall–Kier alpha value is -0.933. The summed E-state index contributed by atoms with van der Waals surface area (Å²) < 4.78 is 15.2. The molecule has 0 N–H and O–H groups in total. The Morgan fingerprint density at radius 3 is 1.94 bits per heavy atom. The van der Waals surface area contributed by atoms with Crippen LogP contribution in [0.5, 0.6) is 0 Å². The van der Waals surface area contributed by atoms with Crippen LogP contribution in [0.2, 0.25) is 19.6 Å². The average Bonchev–Trinajstić information content (AvgIpc) is 2.28. The first-order chi connectivity index (χ1) is 8.38. The Morgan fingerprint density at radius 1 is 0.889 bits per heavy atom. The molecule has 0 unspecified atom stereocenters. The topological polar surface area (TPSA) is 0 Å². The van der Waals surface area contributed by atoms with Crippen molar-refractivity contribution < 1.29 is 4.39 Å². The molecule has 0 fully saturated rings. The van der Waals surface area contributed by atoms with Gasteiger partial charge in [0.2, 0.25) is 0 Å². The molecule has 0 saturated carbocycles. The molecular formula is C15H16BrFSi. The first kappa shape index (κ1) is 13.5. The number of halogens is 2. The maximum absolute atomic E-state index is 14.1. The third kappa shape index (κ3) is 2.90. The molecule has 0 aliphatic carbocycles. The smallest absolute Gasteiger partial charge is 0.123 e. The molecule has 0 aromatic heterocycles. The van der Waals surface area contributed by atoms with Crippen molar-refractivity contribution >= 4 is 29.2 Å². The molecule has 2 aromatic rings. The van der Waals surface area contributed by atoms with Crippen molar-refractivity contribution in [2.75, 3.05) is 0 Å². The molecular weight excluding hydrogens is 307 g/mol. The van der Waals surface area contributed by atoms with Crippen molar-refractivity contribution in [3.8, 4) is 11.1 Å². The van der Waals surface area contributed by atoms with Crippen molar-refractivity contribution in [2.24, 2.45) is 0 Å². The van der Waals surface area contributed by atoms with Crippen LogP contribution in [0, 0.1) is 5.82 Å². The van der Waals surface area contributed by atoms with E-state index in [0.717, 1.165) is 20.8 Å². The van der Waals surface area contributed by atoms with Gasteiger partial charge in [0.05, 0.1) is 8.07 Å². The van der Waals surface area contributed by atoms with Gasteiger partial charge in [-0.3, -0.25) is 0 Å². The second-order valence-electron chi connectivity index (χ2n) is 5.45. The van der Waals surface area contributed by atoms with Gasteiger partial charge in [0, 0.05) is 4.47 Å². The molecule has 0 bridgehead atoms. The molecule has 0 aliphatic heterocycles. The standard InChI is InChI=1S/C15H16BrFSi/c1-18(2,3)15-9-6-12(10-14(15)17)11-4-7-13(16)8-5-11/h4-10H,1-3H3. The van der Waals surface area contributed by atoms with Crippen molar-refractivity contribution in [2.45, 2.75) is 19.6 Å². The predicted molar refractivity (Wildman–Crippen MR) is 82.5 cm³/mol. The highest BCUT2D eigenvalue weighted by molar-refractivity contribution is 9.10. The van der Waals surface area contributed by atoms with Crippen LogP contribution in [-0.2, 0) is 0 Å². The van der Waals surface area contributed by atoms with Gasteiger partial charge in [-0.25, -0.2) is 4.39 Å². The van der Waals surface area contributed by atoms with Crippen molar-refractivity contribution in [1.82, 2.24) is 0 Å². The minimum atomic E-state index is -1.59. The predicted octanol–water partition coefficient (Wildman–Crippen LogP) is 4.80. The molecule has 0 amide bonds. The van der Waals surface area contributed by atoms with Gasteiger partial charge >= 0.3 is 0 Å². The lowest BCUT2D eigenvalue weighted by atomic mass is 10.1. The lowest BCUT2D eigenvalue weighted by Crippen LogP contribution is -2.39. The monoisotopic (exact) mass is 322 g/mol. The molecule has 0 aliphatic rings. The van der Waals surface area contributed by atoms with Crippen LogP contribution < -0.4 is 5.19 Å². The molecule has 2 rings (SSSR count). The van der Waals surface area contributed by atoms with Crippen molar-refractivity contribution in [1.29, 1.82) is 0 Å². The summed E-state index contributed by atoms with van der Waals surface area (Å²) in [5, 5.41) is 0.892. The van der Waals surface area contributed by atoms with Crippen LogP contribution in [0.4, 0.5) is 4.39 Å². The van der Waals surface area contributed by atoms with E-state index in [-0.39, 0.29) is 5.82 Å². The fourth-order valence-electron chi connectivity index (χ4n) is 1.95. The zero-order valence-electron chi connectivity index (χ0n) is 10.8. The molecule has 2 aromatic carbocycles. The van der Waals surface area contributed by atoms with E-state index in [4.69, 9.17) is 0 Å². The Balaban J connectivity index is 2.43. The van der Waals surface area contributed by atoms with Gasteiger partial charge in [-0.15, -0.1) is 0 Å². The molecule has 0 radical (unpaired) electrons. The first-order valence-corrected chi connectivity index (χ1v) is 10.2. The Labute approximate surface area is 117 Å². The SMILES string of the molecule is C[Si](C)(C)c1ccc(-c2ccc(Br)cc2)cc1F. The maximum atomic E-state index is 14.1. The summed E-state index contributed by atoms with van der Waals surface area (Å²) >= 11 is 3.40. The molecule has 0 spiro atoms. The molecule has 18 heavy (non-hydrogen) atoms. The largest absolute Gasteiger partial charge is 0.207 e. The van der Waals surface area contributed by atoms with Crippen LogP contribution in [0.25, 0.3) is 11.1 Å². The van der Waals surface area contributed by atoms with Gasteiger partial charge in [0.1, 0.15) is 5.82 Å². The summed E-state index contributed by atoms with van der Waals surface area (Å²) in [5.74, 6) is -0.0745. The molecule has 0 saturated heterocycles. The summed E-state index contributed by atoms with van der Waals surface area (Å²) in [4.78, 5) is 0. The zero-order chi connectivity index (χ0) is 13.3. The van der Waals surface area contributed by atoms with E-state index >= 15 is 0 Å². The highest BCUT2D eigenvalue weighted by Gasteiger charge is 2.20. The van der Waals surface area contributed by atoms with E-state index in [1.54, 1.807) is 6.07 Å². The summed E-state index contributed by atoms with van der Waals surface area (Å²) in [6, 6.07) is 13.5. The lowest BCUT2D eigenvalue weighted by molar-refractivity contribution is 0.635. The van der Waals surface area contributed by atoms with Crippen molar-refractivity contribution in [3.05, 3.63) is 52.8 Å². The van der Waals surface area contributed by atoms with Crippen LogP contribution in [-0.4, -0.2) is 8.07 Å². The van der Waals surface area contributed by atoms with Gasteiger partial charge in [0.15, 0.2) is 0 Å². The third-order valence-corrected chi connectivity index (χ3v) is 5.50. The fourth-order valence-corrected chi connectivity index (χ4v) is 3.58. The minimum Gasteiger partial charge on any atom is -0.207 e. The van der Waals surface area contributed by atoms with E-state index < -0.39 is 8.07 Å². The summed E-state index contributed by atoms with van der Waals surface area (Å²) in [6.45, 7) is 6.47. The normalized spacial score (nSPS) is 11.6. The van der Waals surface area contributed by atoms with Crippen LogP contribution in [0.15, 0.2) is 46.9 Å². The molecule has 0 nitrogen and oxygen atoms in total. The molecule has 94 valence electrons. The number of hydrogen-bond donors (Lipinski definition) is 0. The average molecular weight is 323 g/mol. The van der Waals surface area contributed by atoms with Gasteiger partial charge in [-0.2, -0.15) is 0 Å². The van der Waals surface area contributed by atoms with E-state index in [0.29, 0.717) is 0 Å². The van der Waals surface area contributed by atoms with E-state index in [2.05, 4.69) is 35.6 Å². The lowest BCUT2D eigenvalue weighted by Gasteiger charge is -2.18. The highest BCUT2D eigenvalue weighted by Crippen LogP contribution is 2.22. The van der Waals surface area contributed by atoms with Gasteiger partial charge in [-0.05, 0) is 34.5 Å². The molecule has 0 atom stereocenters. The Bertz CT molecular complexity index is 556. The van der Waals surface area contributed by atoms with Crippen LogP contribution in [0.3, 0.4) is 0 Å². The van der Waals surface area contributed by atoms with Crippen LogP contribution >= 0.6 is 15.9 Å². The highest BCUT2D eigenvalue weighted by atomic mass is 79.9.